The number of hydrogen-bond acceptors (Lipinski definition) is 2. The van der Waals surface area contributed by atoms with Gasteiger partial charge in [0.2, 0.25) is 0 Å². The van der Waals surface area contributed by atoms with Crippen molar-refractivity contribution >= 4 is 0 Å². The van der Waals surface area contributed by atoms with Gasteiger partial charge in [-0.2, -0.15) is 5.26 Å². The van der Waals surface area contributed by atoms with Crippen molar-refractivity contribution in [3.05, 3.63) is 59.7 Å². The molecule has 2 N–H and O–H groups in total. The minimum absolute atomic E-state index is 0.482. The summed E-state index contributed by atoms with van der Waals surface area (Å²) in [5.41, 5.74) is 9.43. The molecular formula is C14H12N2. The van der Waals surface area contributed by atoms with Crippen LogP contribution in [-0.4, -0.2) is 0 Å². The van der Waals surface area contributed by atoms with E-state index in [0.717, 1.165) is 16.7 Å². The maximum atomic E-state index is 9.06. The van der Waals surface area contributed by atoms with E-state index in [1.165, 1.54) is 0 Å². The highest BCUT2D eigenvalue weighted by molar-refractivity contribution is 5.73. The largest absolute Gasteiger partial charge is 0.326 e. The fourth-order valence-corrected chi connectivity index (χ4v) is 1.78. The Morgan fingerprint density at radius 1 is 0.938 bits per heavy atom. The third-order valence-electron chi connectivity index (χ3n) is 2.57. The average molecular weight is 208 g/mol. The van der Waals surface area contributed by atoms with Gasteiger partial charge in [-0.25, -0.2) is 0 Å². The van der Waals surface area contributed by atoms with E-state index < -0.39 is 0 Å². The number of nitrogens with two attached hydrogens (primary N) is 1. The van der Waals surface area contributed by atoms with E-state index in [-0.39, 0.29) is 0 Å². The molecule has 2 rings (SSSR count). The van der Waals surface area contributed by atoms with Crippen molar-refractivity contribution in [3.8, 4) is 17.2 Å². The molecule has 0 heterocycles. The maximum Gasteiger partial charge on any atom is 0.0998 e. The van der Waals surface area contributed by atoms with E-state index in [1.807, 2.05) is 48.5 Å². The quantitative estimate of drug-likeness (QED) is 0.824. The van der Waals surface area contributed by atoms with Crippen molar-refractivity contribution in [2.45, 2.75) is 6.54 Å². The van der Waals surface area contributed by atoms with E-state index in [9.17, 15) is 0 Å². The van der Waals surface area contributed by atoms with Gasteiger partial charge < -0.3 is 5.73 Å². The van der Waals surface area contributed by atoms with Crippen LogP contribution in [0.3, 0.4) is 0 Å². The summed E-state index contributed by atoms with van der Waals surface area (Å²) in [6.45, 7) is 0.482. The Morgan fingerprint density at radius 2 is 1.56 bits per heavy atom. The van der Waals surface area contributed by atoms with Crippen molar-refractivity contribution in [1.82, 2.24) is 0 Å². The SMILES string of the molecule is N#Cc1ccccc1-c1ccccc1CN. The van der Waals surface area contributed by atoms with E-state index in [1.54, 1.807) is 0 Å². The number of nitriles is 1. The highest BCUT2D eigenvalue weighted by Crippen LogP contribution is 2.26. The van der Waals surface area contributed by atoms with Gasteiger partial charge in [-0.05, 0) is 22.8 Å². The molecule has 0 saturated heterocycles. The van der Waals surface area contributed by atoms with Gasteiger partial charge in [-0.15, -0.1) is 0 Å². The topological polar surface area (TPSA) is 49.8 Å². The van der Waals surface area contributed by atoms with Crippen LogP contribution in [0.15, 0.2) is 48.5 Å². The van der Waals surface area contributed by atoms with Crippen molar-refractivity contribution in [1.29, 1.82) is 5.26 Å². The second-order valence-electron chi connectivity index (χ2n) is 3.52. The zero-order chi connectivity index (χ0) is 11.4. The Bertz CT molecular complexity index is 538. The minimum atomic E-state index is 0.482. The van der Waals surface area contributed by atoms with Crippen LogP contribution in [0.4, 0.5) is 0 Å². The molecule has 0 aromatic heterocycles. The van der Waals surface area contributed by atoms with Gasteiger partial charge in [-0.3, -0.25) is 0 Å². The summed E-state index contributed by atoms with van der Waals surface area (Å²) < 4.78 is 0. The van der Waals surface area contributed by atoms with Crippen molar-refractivity contribution in [2.24, 2.45) is 5.73 Å². The highest BCUT2D eigenvalue weighted by atomic mass is 14.5. The van der Waals surface area contributed by atoms with Crippen LogP contribution in [0.1, 0.15) is 11.1 Å². The fraction of sp³-hybridized carbons (Fsp3) is 0.0714. The van der Waals surface area contributed by atoms with Gasteiger partial charge in [-0.1, -0.05) is 42.5 Å². The molecule has 0 spiro atoms. The molecule has 2 nitrogen and oxygen atoms in total. The molecule has 2 aromatic rings. The number of rotatable bonds is 2. The van der Waals surface area contributed by atoms with Crippen LogP contribution < -0.4 is 5.73 Å². The van der Waals surface area contributed by atoms with E-state index >= 15 is 0 Å². The molecule has 2 heteroatoms. The lowest BCUT2D eigenvalue weighted by Gasteiger charge is -2.08. The van der Waals surface area contributed by atoms with E-state index in [4.69, 9.17) is 11.0 Å². The van der Waals surface area contributed by atoms with Crippen LogP contribution in [0, 0.1) is 11.3 Å². The molecule has 0 bridgehead atoms. The second kappa shape index (κ2) is 4.61. The van der Waals surface area contributed by atoms with Crippen molar-refractivity contribution in [3.63, 3.8) is 0 Å². The summed E-state index contributed by atoms with van der Waals surface area (Å²) in [5, 5.41) is 9.06. The Balaban J connectivity index is 2.64. The van der Waals surface area contributed by atoms with Gasteiger partial charge in [0.05, 0.1) is 11.6 Å². The number of nitrogens with zero attached hydrogens (tertiary/aromatic N) is 1. The summed E-state index contributed by atoms with van der Waals surface area (Å²) in [7, 11) is 0. The summed E-state index contributed by atoms with van der Waals surface area (Å²) in [4.78, 5) is 0. The van der Waals surface area contributed by atoms with Crippen LogP contribution >= 0.6 is 0 Å². The van der Waals surface area contributed by atoms with Gasteiger partial charge >= 0.3 is 0 Å². The third kappa shape index (κ3) is 1.81. The Kier molecular flexibility index (Phi) is 3.00. The number of hydrogen-bond donors (Lipinski definition) is 1. The number of benzene rings is 2. The predicted molar refractivity (Wildman–Crippen MR) is 64.5 cm³/mol. The Hall–Kier alpha value is -2.11. The standard InChI is InChI=1S/C14H12N2/c15-9-11-5-1-3-7-13(11)14-8-4-2-6-12(14)10-16/h1-8H,9,15H2. The Labute approximate surface area is 95.0 Å². The molecule has 0 atom stereocenters. The molecular weight excluding hydrogens is 196 g/mol. The van der Waals surface area contributed by atoms with Gasteiger partial charge in [0.25, 0.3) is 0 Å². The normalized spacial score (nSPS) is 9.75. The van der Waals surface area contributed by atoms with Gasteiger partial charge in [0.15, 0.2) is 0 Å². The maximum absolute atomic E-state index is 9.06. The first-order valence-electron chi connectivity index (χ1n) is 5.14. The first-order chi connectivity index (χ1) is 7.86. The second-order valence-corrected chi connectivity index (χ2v) is 3.52. The van der Waals surface area contributed by atoms with Crippen LogP contribution in [0.5, 0.6) is 0 Å². The van der Waals surface area contributed by atoms with Crippen LogP contribution in [0.25, 0.3) is 11.1 Å². The molecule has 0 aliphatic heterocycles. The van der Waals surface area contributed by atoms with E-state index in [0.29, 0.717) is 12.1 Å². The first kappa shape index (κ1) is 10.4. The Morgan fingerprint density at radius 3 is 2.25 bits per heavy atom. The smallest absolute Gasteiger partial charge is 0.0998 e. The average Bonchev–Trinajstić information content (AvgIpc) is 2.38. The molecule has 0 amide bonds. The summed E-state index contributed by atoms with van der Waals surface area (Å²) >= 11 is 0. The summed E-state index contributed by atoms with van der Waals surface area (Å²) in [5.74, 6) is 0. The van der Waals surface area contributed by atoms with Crippen LogP contribution in [0.2, 0.25) is 0 Å². The van der Waals surface area contributed by atoms with Crippen LogP contribution in [-0.2, 0) is 6.54 Å². The van der Waals surface area contributed by atoms with E-state index in [2.05, 4.69) is 6.07 Å². The lowest BCUT2D eigenvalue weighted by molar-refractivity contribution is 1.07. The fourth-order valence-electron chi connectivity index (χ4n) is 1.78. The molecule has 0 saturated carbocycles. The zero-order valence-corrected chi connectivity index (χ0v) is 8.85. The lowest BCUT2D eigenvalue weighted by Crippen LogP contribution is -1.99. The lowest BCUT2D eigenvalue weighted by atomic mass is 9.96. The minimum Gasteiger partial charge on any atom is -0.326 e. The summed E-state index contributed by atoms with van der Waals surface area (Å²) in [6.07, 6.45) is 0. The molecule has 0 unspecified atom stereocenters. The molecule has 0 fully saturated rings. The first-order valence-corrected chi connectivity index (χ1v) is 5.14. The van der Waals surface area contributed by atoms with Crippen molar-refractivity contribution < 1.29 is 0 Å². The molecule has 0 aliphatic carbocycles. The molecule has 0 radical (unpaired) electrons. The molecule has 2 aromatic carbocycles. The molecule has 78 valence electrons. The monoisotopic (exact) mass is 208 g/mol. The summed E-state index contributed by atoms with van der Waals surface area (Å²) in [6, 6.07) is 17.7. The predicted octanol–water partition coefficient (Wildman–Crippen LogP) is 2.68. The van der Waals surface area contributed by atoms with Gasteiger partial charge in [0, 0.05) is 6.54 Å². The molecule has 0 aliphatic rings. The van der Waals surface area contributed by atoms with Gasteiger partial charge in [0.1, 0.15) is 0 Å². The molecule has 16 heavy (non-hydrogen) atoms. The highest BCUT2D eigenvalue weighted by Gasteiger charge is 2.06. The zero-order valence-electron chi connectivity index (χ0n) is 8.85. The third-order valence-corrected chi connectivity index (χ3v) is 2.57. The van der Waals surface area contributed by atoms with Crippen molar-refractivity contribution in [2.75, 3.05) is 0 Å².